The molecule has 0 N–H and O–H groups in total. The van der Waals surface area contributed by atoms with Crippen molar-refractivity contribution in [2.45, 2.75) is 12.2 Å². The molecule has 3 nitrogen and oxygen atoms in total. The Morgan fingerprint density at radius 2 is 1.37 bits per heavy atom. The molecule has 1 unspecified atom stereocenters. The maximum absolute atomic E-state index is 9.09. The van der Waals surface area contributed by atoms with Crippen molar-refractivity contribution in [2.24, 2.45) is 5.92 Å². The van der Waals surface area contributed by atoms with Crippen molar-refractivity contribution in [1.29, 1.82) is 5.26 Å². The Labute approximate surface area is 112 Å². The molecule has 3 heteroatoms. The summed E-state index contributed by atoms with van der Waals surface area (Å²) in [6, 6.07) is 21.1. The quantitative estimate of drug-likeness (QED) is 0.782. The van der Waals surface area contributed by atoms with Gasteiger partial charge in [-0.15, -0.1) is 0 Å². The number of nitrogens with zero attached hydrogens (tertiary/aromatic N) is 1. The van der Waals surface area contributed by atoms with Crippen LogP contribution in [-0.4, -0.2) is 5.79 Å². The molecule has 1 aliphatic rings. The first kappa shape index (κ1) is 11.6. The smallest absolute Gasteiger partial charge is 0.268 e. The van der Waals surface area contributed by atoms with Gasteiger partial charge in [0.25, 0.3) is 5.79 Å². The first-order chi connectivity index (χ1) is 9.32. The van der Waals surface area contributed by atoms with Crippen LogP contribution < -0.4 is 9.47 Å². The molecule has 1 aliphatic carbocycles. The van der Waals surface area contributed by atoms with Gasteiger partial charge in [-0.05, 0) is 24.3 Å². The van der Waals surface area contributed by atoms with E-state index in [1.807, 2.05) is 60.7 Å². The van der Waals surface area contributed by atoms with Crippen LogP contribution in [0, 0.1) is 17.2 Å². The molecule has 0 aliphatic heterocycles. The third-order valence-corrected chi connectivity index (χ3v) is 3.08. The Bertz CT molecular complexity index is 548. The van der Waals surface area contributed by atoms with Crippen LogP contribution in [0.1, 0.15) is 6.42 Å². The fourth-order valence-corrected chi connectivity index (χ4v) is 1.99. The van der Waals surface area contributed by atoms with Gasteiger partial charge in [-0.2, -0.15) is 5.26 Å². The maximum Gasteiger partial charge on any atom is 0.268 e. The molecule has 0 radical (unpaired) electrons. The van der Waals surface area contributed by atoms with E-state index < -0.39 is 5.79 Å². The third kappa shape index (κ3) is 2.38. The summed E-state index contributed by atoms with van der Waals surface area (Å²) in [5.74, 6) is 0.373. The largest absolute Gasteiger partial charge is 0.451 e. The molecule has 0 heterocycles. The molecule has 0 spiro atoms. The Balaban J connectivity index is 1.80. The second-order valence-electron chi connectivity index (χ2n) is 4.53. The van der Waals surface area contributed by atoms with E-state index in [2.05, 4.69) is 6.07 Å². The highest BCUT2D eigenvalue weighted by molar-refractivity contribution is 5.28. The minimum absolute atomic E-state index is 0.229. The molecule has 0 amide bonds. The molecule has 0 aromatic heterocycles. The van der Waals surface area contributed by atoms with E-state index in [0.29, 0.717) is 6.42 Å². The minimum Gasteiger partial charge on any atom is -0.451 e. The predicted molar refractivity (Wildman–Crippen MR) is 70.6 cm³/mol. The number of rotatable bonds is 4. The van der Waals surface area contributed by atoms with E-state index in [1.54, 1.807) is 0 Å². The molecular weight excluding hydrogens is 238 g/mol. The summed E-state index contributed by atoms with van der Waals surface area (Å²) in [5.41, 5.74) is 0. The lowest BCUT2D eigenvalue weighted by atomic mass is 10.3. The fraction of sp³-hybridized carbons (Fsp3) is 0.188. The average Bonchev–Trinajstić information content (AvgIpc) is 3.13. The standard InChI is InChI=1S/C16H13NO2/c17-12-13-11-16(13,18-14-7-3-1-4-8-14)19-15-9-5-2-6-10-15/h1-10,13H,11H2. The SMILES string of the molecule is N#CC1CC1(Oc1ccccc1)Oc1ccccc1. The van der Waals surface area contributed by atoms with E-state index in [-0.39, 0.29) is 5.92 Å². The Morgan fingerprint density at radius 1 is 0.895 bits per heavy atom. The molecule has 94 valence electrons. The van der Waals surface area contributed by atoms with E-state index in [0.717, 1.165) is 11.5 Å². The van der Waals surface area contributed by atoms with Crippen LogP contribution in [-0.2, 0) is 0 Å². The van der Waals surface area contributed by atoms with Gasteiger partial charge in [0.1, 0.15) is 17.4 Å². The van der Waals surface area contributed by atoms with Crippen molar-refractivity contribution >= 4 is 0 Å². The summed E-state index contributed by atoms with van der Waals surface area (Å²) in [6.45, 7) is 0. The number of benzene rings is 2. The van der Waals surface area contributed by atoms with Crippen molar-refractivity contribution in [3.63, 3.8) is 0 Å². The number of ether oxygens (including phenoxy) is 2. The molecule has 1 atom stereocenters. The van der Waals surface area contributed by atoms with Gasteiger partial charge in [-0.25, -0.2) is 0 Å². The van der Waals surface area contributed by atoms with Crippen molar-refractivity contribution < 1.29 is 9.47 Å². The normalized spacial score (nSPS) is 19.2. The Morgan fingerprint density at radius 3 is 1.74 bits per heavy atom. The maximum atomic E-state index is 9.09. The molecule has 0 saturated heterocycles. The van der Waals surface area contributed by atoms with Gasteiger partial charge in [-0.3, -0.25) is 0 Å². The summed E-state index contributed by atoms with van der Waals surface area (Å²) < 4.78 is 11.8. The number of hydrogen-bond donors (Lipinski definition) is 0. The zero-order chi connectivity index (χ0) is 13.1. The molecule has 0 bridgehead atoms. The lowest BCUT2D eigenvalue weighted by Crippen LogP contribution is -2.28. The lowest BCUT2D eigenvalue weighted by molar-refractivity contribution is -0.0297. The molecule has 3 rings (SSSR count). The van der Waals surface area contributed by atoms with Gasteiger partial charge in [0.2, 0.25) is 0 Å². The first-order valence-electron chi connectivity index (χ1n) is 6.20. The zero-order valence-corrected chi connectivity index (χ0v) is 10.3. The second kappa shape index (κ2) is 4.66. The van der Waals surface area contributed by atoms with Gasteiger partial charge in [0, 0.05) is 6.42 Å². The molecule has 1 fully saturated rings. The fourth-order valence-electron chi connectivity index (χ4n) is 1.99. The summed E-state index contributed by atoms with van der Waals surface area (Å²) >= 11 is 0. The summed E-state index contributed by atoms with van der Waals surface area (Å²) in [7, 11) is 0. The van der Waals surface area contributed by atoms with Gasteiger partial charge in [-0.1, -0.05) is 36.4 Å². The van der Waals surface area contributed by atoms with Crippen molar-refractivity contribution in [3.8, 4) is 17.6 Å². The Hall–Kier alpha value is -2.47. The van der Waals surface area contributed by atoms with E-state index in [4.69, 9.17) is 14.7 Å². The zero-order valence-electron chi connectivity index (χ0n) is 10.3. The number of hydrogen-bond acceptors (Lipinski definition) is 3. The van der Waals surface area contributed by atoms with Crippen molar-refractivity contribution in [2.75, 3.05) is 0 Å². The third-order valence-electron chi connectivity index (χ3n) is 3.08. The van der Waals surface area contributed by atoms with Crippen molar-refractivity contribution in [1.82, 2.24) is 0 Å². The van der Waals surface area contributed by atoms with Crippen molar-refractivity contribution in [3.05, 3.63) is 60.7 Å². The van der Waals surface area contributed by atoms with Crippen LogP contribution in [0.25, 0.3) is 0 Å². The van der Waals surface area contributed by atoms with E-state index in [1.165, 1.54) is 0 Å². The van der Waals surface area contributed by atoms with Crippen LogP contribution in [0.5, 0.6) is 11.5 Å². The Kier molecular flexibility index (Phi) is 2.85. The highest BCUT2D eigenvalue weighted by atomic mass is 16.7. The van der Waals surface area contributed by atoms with Gasteiger partial charge >= 0.3 is 0 Å². The van der Waals surface area contributed by atoms with Gasteiger partial charge < -0.3 is 9.47 Å². The average molecular weight is 251 g/mol. The van der Waals surface area contributed by atoms with Gasteiger partial charge in [0.05, 0.1) is 6.07 Å². The highest BCUT2D eigenvalue weighted by Gasteiger charge is 2.61. The van der Waals surface area contributed by atoms with Gasteiger partial charge in [0.15, 0.2) is 0 Å². The number of para-hydroxylation sites is 2. The monoisotopic (exact) mass is 251 g/mol. The molecule has 1 saturated carbocycles. The second-order valence-corrected chi connectivity index (χ2v) is 4.53. The molecule has 19 heavy (non-hydrogen) atoms. The van der Waals surface area contributed by atoms with E-state index >= 15 is 0 Å². The number of nitriles is 1. The summed E-state index contributed by atoms with van der Waals surface area (Å²) in [5, 5.41) is 9.09. The van der Waals surface area contributed by atoms with Crippen LogP contribution in [0.3, 0.4) is 0 Å². The highest BCUT2D eigenvalue weighted by Crippen LogP contribution is 2.47. The van der Waals surface area contributed by atoms with E-state index in [9.17, 15) is 0 Å². The predicted octanol–water partition coefficient (Wildman–Crippen LogP) is 3.38. The van der Waals surface area contributed by atoms with Crippen LogP contribution >= 0.6 is 0 Å². The van der Waals surface area contributed by atoms with Crippen LogP contribution in [0.2, 0.25) is 0 Å². The molecule has 2 aromatic carbocycles. The van der Waals surface area contributed by atoms with Crippen LogP contribution in [0.15, 0.2) is 60.7 Å². The lowest BCUT2D eigenvalue weighted by Gasteiger charge is -2.20. The molecule has 2 aromatic rings. The minimum atomic E-state index is -0.836. The molecular formula is C16H13NO2. The summed E-state index contributed by atoms with van der Waals surface area (Å²) in [4.78, 5) is 0. The van der Waals surface area contributed by atoms with Crippen LogP contribution in [0.4, 0.5) is 0 Å². The topological polar surface area (TPSA) is 42.2 Å². The summed E-state index contributed by atoms with van der Waals surface area (Å²) in [6.07, 6.45) is 0.591. The first-order valence-corrected chi connectivity index (χ1v) is 6.20.